The third kappa shape index (κ3) is 1.93. The van der Waals surface area contributed by atoms with Crippen LogP contribution in [0.25, 0.3) is 10.9 Å². The van der Waals surface area contributed by atoms with Crippen LogP contribution in [0.5, 0.6) is 5.88 Å². The van der Waals surface area contributed by atoms with Gasteiger partial charge in [0, 0.05) is 10.9 Å². The third-order valence-corrected chi connectivity index (χ3v) is 4.06. The van der Waals surface area contributed by atoms with Crippen molar-refractivity contribution in [3.63, 3.8) is 0 Å². The average Bonchev–Trinajstić information content (AvgIpc) is 3.06. The molecule has 114 valence electrons. The van der Waals surface area contributed by atoms with Gasteiger partial charge in [0.1, 0.15) is 18.5 Å². The summed E-state index contributed by atoms with van der Waals surface area (Å²) in [5.41, 5.74) is 5.56. The Bertz CT molecular complexity index is 983. The number of benzene rings is 2. The van der Waals surface area contributed by atoms with Crippen LogP contribution < -0.4 is 0 Å². The first-order valence-corrected chi connectivity index (χ1v) is 7.31. The number of hydrogen-bond acceptors (Lipinski definition) is 4. The number of rotatable bonds is 2. The van der Waals surface area contributed by atoms with Gasteiger partial charge < -0.3 is 14.9 Å². The lowest BCUT2D eigenvalue weighted by atomic mass is 10.0. The summed E-state index contributed by atoms with van der Waals surface area (Å²) in [6.45, 7) is 2.00. The molecule has 23 heavy (non-hydrogen) atoms. The molecule has 1 aromatic heterocycles. The number of fused-ring (bicyclic) bond motifs is 2. The molecule has 0 aliphatic carbocycles. The number of para-hydroxylation sites is 2. The zero-order chi connectivity index (χ0) is 16.0. The van der Waals surface area contributed by atoms with Crippen LogP contribution in [0.1, 0.15) is 16.7 Å². The summed E-state index contributed by atoms with van der Waals surface area (Å²) in [7, 11) is 1.50. The Morgan fingerprint density at radius 1 is 1.13 bits per heavy atom. The molecule has 0 bridgehead atoms. The van der Waals surface area contributed by atoms with E-state index in [9.17, 15) is 5.11 Å². The number of hydrogen-bond donors (Lipinski definition) is 2. The van der Waals surface area contributed by atoms with Crippen molar-refractivity contribution in [1.29, 1.82) is 0 Å². The van der Waals surface area contributed by atoms with E-state index in [4.69, 9.17) is 4.84 Å². The molecule has 0 amide bonds. The minimum atomic E-state index is 0.0876. The monoisotopic (exact) mass is 305 g/mol. The summed E-state index contributed by atoms with van der Waals surface area (Å²) in [6, 6.07) is 13.6. The first-order valence-electron chi connectivity index (χ1n) is 7.31. The summed E-state index contributed by atoms with van der Waals surface area (Å²) in [4.78, 5) is 12.7. The minimum absolute atomic E-state index is 0.0876. The van der Waals surface area contributed by atoms with Gasteiger partial charge in [-0.1, -0.05) is 41.6 Å². The number of aryl methyl sites for hydroxylation is 1. The number of aliphatic imine (C=N–C) groups is 1. The molecule has 0 radical (unpaired) electrons. The Morgan fingerprint density at radius 3 is 2.78 bits per heavy atom. The molecule has 4 rings (SSSR count). The number of aromatic nitrogens is 1. The predicted octanol–water partition coefficient (Wildman–Crippen LogP) is 3.67. The summed E-state index contributed by atoms with van der Waals surface area (Å²) in [6.07, 6.45) is 0. The normalized spacial score (nSPS) is 15.0. The van der Waals surface area contributed by atoms with E-state index in [0.29, 0.717) is 17.0 Å². The van der Waals surface area contributed by atoms with Crippen LogP contribution in [0.2, 0.25) is 0 Å². The second kappa shape index (κ2) is 4.98. The van der Waals surface area contributed by atoms with Crippen LogP contribution in [-0.4, -0.2) is 28.6 Å². The third-order valence-electron chi connectivity index (χ3n) is 4.06. The zero-order valence-electron chi connectivity index (χ0n) is 12.8. The zero-order valence-corrected chi connectivity index (χ0v) is 12.8. The Morgan fingerprint density at radius 2 is 1.96 bits per heavy atom. The van der Waals surface area contributed by atoms with Crippen molar-refractivity contribution in [2.24, 2.45) is 10.1 Å². The minimum Gasteiger partial charge on any atom is -0.494 e. The molecule has 2 N–H and O–H groups in total. The van der Waals surface area contributed by atoms with Gasteiger partial charge in [-0.05, 0) is 18.6 Å². The van der Waals surface area contributed by atoms with Crippen molar-refractivity contribution >= 4 is 28.0 Å². The smallest absolute Gasteiger partial charge is 0.199 e. The molecular weight excluding hydrogens is 290 g/mol. The van der Waals surface area contributed by atoms with E-state index in [-0.39, 0.29) is 5.88 Å². The Balaban J connectivity index is 2.00. The van der Waals surface area contributed by atoms with Gasteiger partial charge in [-0.15, -0.1) is 0 Å². The molecule has 0 unspecified atom stereocenters. The molecular formula is C18H15N3O2. The van der Waals surface area contributed by atoms with E-state index in [1.165, 1.54) is 7.11 Å². The van der Waals surface area contributed by atoms with Gasteiger partial charge in [0.25, 0.3) is 0 Å². The molecule has 3 aromatic rings. The molecule has 0 saturated heterocycles. The van der Waals surface area contributed by atoms with Gasteiger partial charge in [0.2, 0.25) is 0 Å². The number of nitrogens with zero attached hydrogens (tertiary/aromatic N) is 2. The first kappa shape index (κ1) is 13.6. The van der Waals surface area contributed by atoms with E-state index in [1.807, 2.05) is 49.4 Å². The SMILES string of the molecule is CO/N=C1/C(c2c(O)[nH]c3c(C)cccc23)=Nc2ccccc21. The van der Waals surface area contributed by atoms with Gasteiger partial charge in [-0.25, -0.2) is 4.99 Å². The summed E-state index contributed by atoms with van der Waals surface area (Å²) in [5.74, 6) is 0.0876. The molecule has 5 heteroatoms. The summed E-state index contributed by atoms with van der Waals surface area (Å²) in [5, 5.41) is 15.5. The highest BCUT2D eigenvalue weighted by molar-refractivity contribution is 6.58. The summed E-state index contributed by atoms with van der Waals surface area (Å²) < 4.78 is 0. The second-order valence-electron chi connectivity index (χ2n) is 5.45. The number of oxime groups is 1. The number of aromatic hydroxyl groups is 1. The molecule has 0 fully saturated rings. The topological polar surface area (TPSA) is 70.0 Å². The van der Waals surface area contributed by atoms with E-state index < -0.39 is 0 Å². The predicted molar refractivity (Wildman–Crippen MR) is 90.9 cm³/mol. The maximum Gasteiger partial charge on any atom is 0.199 e. The molecule has 2 aromatic carbocycles. The van der Waals surface area contributed by atoms with Crippen molar-refractivity contribution in [2.45, 2.75) is 6.92 Å². The number of nitrogens with one attached hydrogen (secondary N) is 1. The van der Waals surface area contributed by atoms with Crippen molar-refractivity contribution in [2.75, 3.05) is 7.11 Å². The van der Waals surface area contributed by atoms with Crippen LogP contribution >= 0.6 is 0 Å². The van der Waals surface area contributed by atoms with Crippen LogP contribution in [-0.2, 0) is 4.84 Å². The standard InChI is InChI=1S/C18H15N3O2/c1-10-6-5-8-12-14(18(22)20-15(10)12)17-16(21-23-2)11-7-3-4-9-13(11)19-17/h3-9,20,22H,1-2H3/b21-16+. The maximum atomic E-state index is 10.5. The fourth-order valence-corrected chi connectivity index (χ4v) is 3.02. The van der Waals surface area contributed by atoms with Crippen molar-refractivity contribution in [3.05, 3.63) is 59.2 Å². The van der Waals surface area contributed by atoms with Crippen molar-refractivity contribution in [1.82, 2.24) is 4.98 Å². The molecule has 0 atom stereocenters. The summed E-state index contributed by atoms with van der Waals surface area (Å²) >= 11 is 0. The Kier molecular flexibility index (Phi) is 2.94. The molecule has 2 heterocycles. The highest BCUT2D eigenvalue weighted by atomic mass is 16.6. The highest BCUT2D eigenvalue weighted by Crippen LogP contribution is 2.36. The van der Waals surface area contributed by atoms with E-state index in [2.05, 4.69) is 15.1 Å². The van der Waals surface area contributed by atoms with E-state index in [0.717, 1.165) is 27.7 Å². The number of aromatic amines is 1. The quantitative estimate of drug-likeness (QED) is 0.709. The van der Waals surface area contributed by atoms with Crippen LogP contribution in [0.15, 0.2) is 52.6 Å². The lowest BCUT2D eigenvalue weighted by molar-refractivity contribution is 0.214. The first-order chi connectivity index (χ1) is 11.2. The maximum absolute atomic E-state index is 10.5. The van der Waals surface area contributed by atoms with E-state index in [1.54, 1.807) is 0 Å². The van der Waals surface area contributed by atoms with Gasteiger partial charge in [-0.3, -0.25) is 0 Å². The van der Waals surface area contributed by atoms with Gasteiger partial charge in [0.15, 0.2) is 5.88 Å². The van der Waals surface area contributed by atoms with E-state index >= 15 is 0 Å². The van der Waals surface area contributed by atoms with Crippen LogP contribution in [0, 0.1) is 6.92 Å². The lowest BCUT2D eigenvalue weighted by Crippen LogP contribution is -2.13. The fourth-order valence-electron chi connectivity index (χ4n) is 3.02. The Hall–Kier alpha value is -3.08. The molecule has 1 aliphatic heterocycles. The van der Waals surface area contributed by atoms with Gasteiger partial charge in [0.05, 0.1) is 16.8 Å². The second-order valence-corrected chi connectivity index (χ2v) is 5.45. The molecule has 1 aliphatic rings. The van der Waals surface area contributed by atoms with Crippen LogP contribution in [0.3, 0.4) is 0 Å². The molecule has 0 spiro atoms. The van der Waals surface area contributed by atoms with Crippen LogP contribution in [0.4, 0.5) is 5.69 Å². The lowest BCUT2D eigenvalue weighted by Gasteiger charge is -2.03. The largest absolute Gasteiger partial charge is 0.494 e. The van der Waals surface area contributed by atoms with Crippen molar-refractivity contribution in [3.8, 4) is 5.88 Å². The Labute approximate surface area is 132 Å². The molecule has 5 nitrogen and oxygen atoms in total. The average molecular weight is 305 g/mol. The molecule has 0 saturated carbocycles. The van der Waals surface area contributed by atoms with Gasteiger partial charge in [-0.2, -0.15) is 0 Å². The fraction of sp³-hybridized carbons (Fsp3) is 0.111. The van der Waals surface area contributed by atoms with Gasteiger partial charge >= 0.3 is 0 Å². The highest BCUT2D eigenvalue weighted by Gasteiger charge is 2.29. The number of H-pyrrole nitrogens is 1. The van der Waals surface area contributed by atoms with Crippen molar-refractivity contribution < 1.29 is 9.94 Å².